The van der Waals surface area contributed by atoms with Gasteiger partial charge in [0.15, 0.2) is 0 Å². The lowest BCUT2D eigenvalue weighted by molar-refractivity contribution is -0.135. The van der Waals surface area contributed by atoms with Crippen molar-refractivity contribution in [3.8, 4) is 0 Å². The maximum Gasteiger partial charge on any atom is 0.251 e. The van der Waals surface area contributed by atoms with E-state index in [2.05, 4.69) is 10.6 Å². The summed E-state index contributed by atoms with van der Waals surface area (Å²) >= 11 is 0. The summed E-state index contributed by atoms with van der Waals surface area (Å²) in [7, 11) is 0. The van der Waals surface area contributed by atoms with Gasteiger partial charge in [-0.25, -0.2) is 0 Å². The number of hydrogen-bond acceptors (Lipinski definition) is 3. The van der Waals surface area contributed by atoms with Crippen molar-refractivity contribution < 1.29 is 9.59 Å². The summed E-state index contributed by atoms with van der Waals surface area (Å²) in [5.41, 5.74) is 1.71. The van der Waals surface area contributed by atoms with Crippen LogP contribution < -0.4 is 10.6 Å². The lowest BCUT2D eigenvalue weighted by Gasteiger charge is -2.35. The van der Waals surface area contributed by atoms with Gasteiger partial charge in [0.05, 0.1) is 0 Å². The topological polar surface area (TPSA) is 61.4 Å². The second-order valence-corrected chi connectivity index (χ2v) is 8.51. The number of rotatable bonds is 7. The summed E-state index contributed by atoms with van der Waals surface area (Å²) in [6.45, 7) is 8.63. The van der Waals surface area contributed by atoms with Gasteiger partial charge in [0.2, 0.25) is 5.91 Å². The van der Waals surface area contributed by atoms with E-state index in [0.29, 0.717) is 11.6 Å². The predicted molar refractivity (Wildman–Crippen MR) is 108 cm³/mol. The summed E-state index contributed by atoms with van der Waals surface area (Å²) in [6.07, 6.45) is 4.71. The Hall–Kier alpha value is -1.88. The molecule has 1 heterocycles. The van der Waals surface area contributed by atoms with Crippen molar-refractivity contribution in [1.82, 2.24) is 15.5 Å². The number of likely N-dealkylation sites (tertiary alicyclic amines) is 1. The molecule has 1 atom stereocenters. The molecule has 1 saturated carbocycles. The molecule has 2 aliphatic rings. The summed E-state index contributed by atoms with van der Waals surface area (Å²) in [4.78, 5) is 27.5. The standard InChI is InChI=1S/C22H33N3O2/c1-15(2)20(24-21(26)18-8-4-16(3)5-9-18)22(27)25-12-10-19(11-13-25)23-14-17-6-7-17/h4-5,8-9,15,17,19-20,23H,6-7,10-14H2,1-3H3,(H,24,26). The molecule has 2 fully saturated rings. The molecule has 1 saturated heterocycles. The zero-order valence-corrected chi connectivity index (χ0v) is 16.8. The van der Waals surface area contributed by atoms with Crippen LogP contribution in [0.4, 0.5) is 0 Å². The van der Waals surface area contributed by atoms with Gasteiger partial charge in [-0.2, -0.15) is 0 Å². The Kier molecular flexibility index (Phi) is 6.53. The molecule has 0 spiro atoms. The average molecular weight is 372 g/mol. The normalized spacial score (nSPS) is 19.2. The molecule has 5 heteroatoms. The Morgan fingerprint density at radius 1 is 1.07 bits per heavy atom. The van der Waals surface area contributed by atoms with Gasteiger partial charge in [0, 0.05) is 24.7 Å². The minimum atomic E-state index is -0.477. The first-order chi connectivity index (χ1) is 12.9. The molecule has 1 unspecified atom stereocenters. The zero-order chi connectivity index (χ0) is 19.4. The summed E-state index contributed by atoms with van der Waals surface area (Å²) in [5, 5.41) is 6.61. The maximum atomic E-state index is 13.0. The molecule has 1 aliphatic carbocycles. The van der Waals surface area contributed by atoms with Crippen molar-refractivity contribution in [2.24, 2.45) is 11.8 Å². The monoisotopic (exact) mass is 371 g/mol. The lowest BCUT2D eigenvalue weighted by Crippen LogP contribution is -2.54. The second kappa shape index (κ2) is 8.87. The van der Waals surface area contributed by atoms with Crippen molar-refractivity contribution in [2.75, 3.05) is 19.6 Å². The van der Waals surface area contributed by atoms with Crippen LogP contribution >= 0.6 is 0 Å². The fourth-order valence-corrected chi connectivity index (χ4v) is 3.60. The van der Waals surface area contributed by atoms with Crippen LogP contribution in [0, 0.1) is 18.8 Å². The van der Waals surface area contributed by atoms with Crippen molar-refractivity contribution in [3.63, 3.8) is 0 Å². The summed E-state index contributed by atoms with van der Waals surface area (Å²) < 4.78 is 0. The number of hydrogen-bond donors (Lipinski definition) is 2. The maximum absolute atomic E-state index is 13.0. The molecule has 1 aliphatic heterocycles. The summed E-state index contributed by atoms with van der Waals surface area (Å²) in [6, 6.07) is 7.50. The van der Waals surface area contributed by atoms with Crippen molar-refractivity contribution in [2.45, 2.75) is 58.5 Å². The van der Waals surface area contributed by atoms with E-state index in [-0.39, 0.29) is 17.7 Å². The molecule has 1 aromatic carbocycles. The van der Waals surface area contributed by atoms with Crippen LogP contribution in [0.15, 0.2) is 24.3 Å². The van der Waals surface area contributed by atoms with Gasteiger partial charge in [0.25, 0.3) is 5.91 Å². The van der Waals surface area contributed by atoms with E-state index in [1.165, 1.54) is 12.8 Å². The minimum absolute atomic E-state index is 0.0473. The van der Waals surface area contributed by atoms with Crippen LogP contribution in [-0.4, -0.2) is 48.4 Å². The Labute approximate surface area is 162 Å². The van der Waals surface area contributed by atoms with Crippen LogP contribution in [-0.2, 0) is 4.79 Å². The summed E-state index contributed by atoms with van der Waals surface area (Å²) in [5.74, 6) is 0.804. The van der Waals surface area contributed by atoms with Crippen LogP contribution in [0.25, 0.3) is 0 Å². The predicted octanol–water partition coefficient (Wildman–Crippen LogP) is 2.74. The third-order valence-corrected chi connectivity index (χ3v) is 5.73. The zero-order valence-electron chi connectivity index (χ0n) is 16.8. The molecular weight excluding hydrogens is 338 g/mol. The van der Waals surface area contributed by atoms with Crippen LogP contribution in [0.5, 0.6) is 0 Å². The minimum Gasteiger partial charge on any atom is -0.341 e. The van der Waals surface area contributed by atoms with E-state index in [1.54, 1.807) is 0 Å². The quantitative estimate of drug-likeness (QED) is 0.775. The average Bonchev–Trinajstić information content (AvgIpc) is 3.49. The molecule has 0 aromatic heterocycles. The van der Waals surface area contributed by atoms with Crippen LogP contribution in [0.2, 0.25) is 0 Å². The fraction of sp³-hybridized carbons (Fsp3) is 0.636. The number of carbonyl (C=O) groups excluding carboxylic acids is 2. The van der Waals surface area contributed by atoms with E-state index in [4.69, 9.17) is 0 Å². The number of piperidine rings is 1. The van der Waals surface area contributed by atoms with E-state index in [9.17, 15) is 9.59 Å². The third-order valence-electron chi connectivity index (χ3n) is 5.73. The van der Waals surface area contributed by atoms with E-state index in [1.807, 2.05) is 49.9 Å². The van der Waals surface area contributed by atoms with Gasteiger partial charge in [-0.05, 0) is 63.1 Å². The molecule has 3 rings (SSSR count). The smallest absolute Gasteiger partial charge is 0.251 e. The Bertz CT molecular complexity index is 644. The molecule has 1 aromatic rings. The first-order valence-electron chi connectivity index (χ1n) is 10.3. The van der Waals surface area contributed by atoms with Gasteiger partial charge in [-0.3, -0.25) is 9.59 Å². The highest BCUT2D eigenvalue weighted by atomic mass is 16.2. The van der Waals surface area contributed by atoms with Gasteiger partial charge in [0.1, 0.15) is 6.04 Å². The molecule has 2 N–H and O–H groups in total. The number of nitrogens with zero attached hydrogens (tertiary/aromatic N) is 1. The highest BCUT2D eigenvalue weighted by Gasteiger charge is 2.32. The SMILES string of the molecule is Cc1ccc(C(=O)NC(C(=O)N2CCC(NCC3CC3)CC2)C(C)C)cc1. The number of nitrogens with one attached hydrogen (secondary N) is 2. The first-order valence-corrected chi connectivity index (χ1v) is 10.3. The van der Waals surface area contributed by atoms with Gasteiger partial charge in [-0.15, -0.1) is 0 Å². The molecule has 5 nitrogen and oxygen atoms in total. The molecule has 0 radical (unpaired) electrons. The number of benzene rings is 1. The van der Waals surface area contributed by atoms with E-state index in [0.717, 1.165) is 44.0 Å². The molecule has 0 bridgehead atoms. The molecular formula is C22H33N3O2. The van der Waals surface area contributed by atoms with Gasteiger partial charge >= 0.3 is 0 Å². The first kappa shape index (κ1) is 19.9. The highest BCUT2D eigenvalue weighted by molar-refractivity contribution is 5.97. The Morgan fingerprint density at radius 2 is 1.70 bits per heavy atom. The third kappa shape index (κ3) is 5.55. The molecule has 148 valence electrons. The van der Waals surface area contributed by atoms with Crippen molar-refractivity contribution in [1.29, 1.82) is 0 Å². The van der Waals surface area contributed by atoms with E-state index >= 15 is 0 Å². The molecule has 2 amide bonds. The van der Waals surface area contributed by atoms with Crippen LogP contribution in [0.1, 0.15) is 55.5 Å². The Morgan fingerprint density at radius 3 is 2.26 bits per heavy atom. The van der Waals surface area contributed by atoms with Crippen molar-refractivity contribution in [3.05, 3.63) is 35.4 Å². The van der Waals surface area contributed by atoms with Crippen molar-refractivity contribution >= 4 is 11.8 Å². The van der Waals surface area contributed by atoms with Gasteiger partial charge < -0.3 is 15.5 Å². The number of amides is 2. The number of carbonyl (C=O) groups is 2. The highest BCUT2D eigenvalue weighted by Crippen LogP contribution is 2.28. The second-order valence-electron chi connectivity index (χ2n) is 8.51. The van der Waals surface area contributed by atoms with Crippen LogP contribution in [0.3, 0.4) is 0 Å². The number of aryl methyl sites for hydroxylation is 1. The largest absolute Gasteiger partial charge is 0.341 e. The lowest BCUT2D eigenvalue weighted by atomic mass is 9.99. The molecule has 27 heavy (non-hydrogen) atoms. The van der Waals surface area contributed by atoms with E-state index < -0.39 is 6.04 Å². The van der Waals surface area contributed by atoms with Gasteiger partial charge in [-0.1, -0.05) is 31.5 Å². The Balaban J connectivity index is 1.53. The fourth-order valence-electron chi connectivity index (χ4n) is 3.60.